The summed E-state index contributed by atoms with van der Waals surface area (Å²) in [7, 11) is 0. The minimum absolute atomic E-state index is 0.290. The van der Waals surface area contributed by atoms with Crippen LogP contribution in [-0.4, -0.2) is 18.1 Å². The summed E-state index contributed by atoms with van der Waals surface area (Å²) in [6, 6.07) is 12.3. The van der Waals surface area contributed by atoms with Crippen LogP contribution in [0.3, 0.4) is 0 Å². The van der Waals surface area contributed by atoms with Crippen LogP contribution in [0.2, 0.25) is 0 Å². The molecule has 1 aliphatic heterocycles. The molecule has 1 aliphatic rings. The molecule has 3 rings (SSSR count). The van der Waals surface area contributed by atoms with E-state index in [1.807, 2.05) is 30.3 Å². The fourth-order valence-corrected chi connectivity index (χ4v) is 3.03. The Morgan fingerprint density at radius 1 is 1.30 bits per heavy atom. The Kier molecular flexibility index (Phi) is 3.10. The number of nitrogens with zero attached hydrogens (tertiary/aromatic N) is 3. The maximum atomic E-state index is 9.42. The molecule has 0 radical (unpaired) electrons. The van der Waals surface area contributed by atoms with Crippen LogP contribution in [0.5, 0.6) is 0 Å². The van der Waals surface area contributed by atoms with E-state index in [4.69, 9.17) is 4.98 Å². The summed E-state index contributed by atoms with van der Waals surface area (Å²) in [5.74, 6) is 0.846. The van der Waals surface area contributed by atoms with Gasteiger partial charge in [-0.05, 0) is 30.4 Å². The number of rotatable bonds is 1. The molecule has 3 nitrogen and oxygen atoms in total. The van der Waals surface area contributed by atoms with Crippen molar-refractivity contribution < 1.29 is 0 Å². The van der Waals surface area contributed by atoms with Crippen molar-refractivity contribution in [3.63, 3.8) is 0 Å². The van der Waals surface area contributed by atoms with Gasteiger partial charge in [-0.3, -0.25) is 0 Å². The Balaban J connectivity index is 2.08. The molecular weight excluding hydrogens is 246 g/mol. The molecule has 0 bridgehead atoms. The van der Waals surface area contributed by atoms with E-state index in [-0.39, 0.29) is 5.41 Å². The lowest BCUT2D eigenvalue weighted by molar-refractivity contribution is 0.292. The number of hydrogen-bond donors (Lipinski definition) is 0. The zero-order valence-corrected chi connectivity index (χ0v) is 12.1. The molecule has 1 saturated heterocycles. The minimum Gasteiger partial charge on any atom is -0.355 e. The lowest BCUT2D eigenvalue weighted by Crippen LogP contribution is -2.40. The summed E-state index contributed by atoms with van der Waals surface area (Å²) in [6.45, 7) is 6.52. The monoisotopic (exact) mass is 265 g/mol. The second kappa shape index (κ2) is 4.79. The molecule has 1 aromatic carbocycles. The molecule has 2 heterocycles. The second-order valence-corrected chi connectivity index (χ2v) is 6.35. The van der Waals surface area contributed by atoms with E-state index in [1.54, 1.807) is 0 Å². The van der Waals surface area contributed by atoms with Gasteiger partial charge < -0.3 is 4.90 Å². The van der Waals surface area contributed by atoms with Gasteiger partial charge in [0.25, 0.3) is 0 Å². The zero-order chi connectivity index (χ0) is 14.2. The maximum absolute atomic E-state index is 9.42. The molecule has 0 spiro atoms. The van der Waals surface area contributed by atoms with Gasteiger partial charge in [0, 0.05) is 18.5 Å². The summed E-state index contributed by atoms with van der Waals surface area (Å²) >= 11 is 0. The first-order valence-corrected chi connectivity index (χ1v) is 7.14. The highest BCUT2D eigenvalue weighted by Gasteiger charge is 2.28. The topological polar surface area (TPSA) is 39.9 Å². The van der Waals surface area contributed by atoms with Crippen molar-refractivity contribution in [3.05, 3.63) is 35.9 Å². The second-order valence-electron chi connectivity index (χ2n) is 6.35. The number of pyridine rings is 1. The van der Waals surface area contributed by atoms with Crippen LogP contribution in [0.1, 0.15) is 32.3 Å². The molecule has 1 aromatic heterocycles. The summed E-state index contributed by atoms with van der Waals surface area (Å²) in [5, 5.41) is 10.5. The standard InChI is InChI=1S/C17H19N3/c1-17(2)8-5-9-20(12-17)16-14(11-18)10-13-6-3-4-7-15(13)19-16/h3-4,6-7,10H,5,8-9,12H2,1-2H3. The number of nitriles is 1. The average Bonchev–Trinajstić information content (AvgIpc) is 2.44. The van der Waals surface area contributed by atoms with Crippen LogP contribution < -0.4 is 4.90 Å². The van der Waals surface area contributed by atoms with Gasteiger partial charge in [-0.25, -0.2) is 4.98 Å². The van der Waals surface area contributed by atoms with Crippen molar-refractivity contribution in [1.29, 1.82) is 5.26 Å². The number of anilines is 1. The van der Waals surface area contributed by atoms with Gasteiger partial charge in [-0.1, -0.05) is 32.0 Å². The SMILES string of the molecule is CC1(C)CCCN(c2nc3ccccc3cc2C#N)C1. The van der Waals surface area contributed by atoms with Crippen molar-refractivity contribution in [1.82, 2.24) is 4.98 Å². The molecule has 0 N–H and O–H groups in total. The van der Waals surface area contributed by atoms with Gasteiger partial charge in [0.1, 0.15) is 11.9 Å². The molecule has 0 saturated carbocycles. The fraction of sp³-hybridized carbons (Fsp3) is 0.412. The van der Waals surface area contributed by atoms with Crippen LogP contribution in [-0.2, 0) is 0 Å². The molecular formula is C17H19N3. The third kappa shape index (κ3) is 2.34. The van der Waals surface area contributed by atoms with E-state index in [0.717, 1.165) is 36.2 Å². The largest absolute Gasteiger partial charge is 0.355 e. The van der Waals surface area contributed by atoms with Crippen molar-refractivity contribution in [3.8, 4) is 6.07 Å². The normalized spacial score (nSPS) is 17.9. The number of hydrogen-bond acceptors (Lipinski definition) is 3. The number of para-hydroxylation sites is 1. The maximum Gasteiger partial charge on any atom is 0.147 e. The molecule has 2 aromatic rings. The highest BCUT2D eigenvalue weighted by Crippen LogP contribution is 2.33. The lowest BCUT2D eigenvalue weighted by atomic mass is 9.84. The van der Waals surface area contributed by atoms with Gasteiger partial charge in [0.15, 0.2) is 0 Å². The van der Waals surface area contributed by atoms with E-state index in [9.17, 15) is 5.26 Å². The molecule has 0 atom stereocenters. The summed E-state index contributed by atoms with van der Waals surface area (Å²) < 4.78 is 0. The third-order valence-corrected chi connectivity index (χ3v) is 4.02. The molecule has 0 unspecified atom stereocenters. The average molecular weight is 265 g/mol. The van der Waals surface area contributed by atoms with Crippen LogP contribution in [0.4, 0.5) is 5.82 Å². The Morgan fingerprint density at radius 3 is 2.85 bits per heavy atom. The van der Waals surface area contributed by atoms with E-state index >= 15 is 0 Å². The Hall–Kier alpha value is -2.08. The first-order chi connectivity index (χ1) is 9.59. The Bertz CT molecular complexity index is 682. The summed E-state index contributed by atoms with van der Waals surface area (Å²) in [6.07, 6.45) is 2.39. The Morgan fingerprint density at radius 2 is 2.10 bits per heavy atom. The summed E-state index contributed by atoms with van der Waals surface area (Å²) in [5.41, 5.74) is 1.93. The van der Waals surface area contributed by atoms with Gasteiger partial charge in [-0.2, -0.15) is 5.26 Å². The van der Waals surface area contributed by atoms with E-state index in [1.165, 1.54) is 6.42 Å². The van der Waals surface area contributed by atoms with E-state index in [0.29, 0.717) is 5.56 Å². The van der Waals surface area contributed by atoms with E-state index < -0.39 is 0 Å². The predicted molar refractivity (Wildman–Crippen MR) is 81.7 cm³/mol. The fourth-order valence-electron chi connectivity index (χ4n) is 3.03. The Labute approximate surface area is 119 Å². The molecule has 0 aliphatic carbocycles. The summed E-state index contributed by atoms with van der Waals surface area (Å²) in [4.78, 5) is 7.01. The molecule has 0 amide bonds. The molecule has 102 valence electrons. The zero-order valence-electron chi connectivity index (χ0n) is 12.1. The van der Waals surface area contributed by atoms with Crippen LogP contribution in [0.25, 0.3) is 10.9 Å². The quantitative estimate of drug-likeness (QED) is 0.788. The van der Waals surface area contributed by atoms with Crippen LogP contribution in [0.15, 0.2) is 30.3 Å². The van der Waals surface area contributed by atoms with Crippen LogP contribution >= 0.6 is 0 Å². The first-order valence-electron chi connectivity index (χ1n) is 7.14. The van der Waals surface area contributed by atoms with Gasteiger partial charge in [0.05, 0.1) is 11.1 Å². The highest BCUT2D eigenvalue weighted by atomic mass is 15.2. The van der Waals surface area contributed by atoms with Gasteiger partial charge in [-0.15, -0.1) is 0 Å². The van der Waals surface area contributed by atoms with Crippen molar-refractivity contribution in [2.24, 2.45) is 5.41 Å². The number of piperidine rings is 1. The van der Waals surface area contributed by atoms with Gasteiger partial charge >= 0.3 is 0 Å². The predicted octanol–water partition coefficient (Wildman–Crippen LogP) is 3.73. The van der Waals surface area contributed by atoms with Crippen molar-refractivity contribution in [2.75, 3.05) is 18.0 Å². The number of fused-ring (bicyclic) bond motifs is 1. The third-order valence-electron chi connectivity index (χ3n) is 4.02. The molecule has 1 fully saturated rings. The first kappa shape index (κ1) is 12.9. The molecule has 20 heavy (non-hydrogen) atoms. The number of benzene rings is 1. The van der Waals surface area contributed by atoms with Crippen molar-refractivity contribution in [2.45, 2.75) is 26.7 Å². The van der Waals surface area contributed by atoms with E-state index in [2.05, 4.69) is 24.8 Å². The highest BCUT2D eigenvalue weighted by molar-refractivity contribution is 5.83. The number of aromatic nitrogens is 1. The minimum atomic E-state index is 0.290. The lowest BCUT2D eigenvalue weighted by Gasteiger charge is -2.39. The molecule has 3 heteroatoms. The van der Waals surface area contributed by atoms with Crippen LogP contribution in [0, 0.1) is 16.7 Å². The smallest absolute Gasteiger partial charge is 0.147 e. The van der Waals surface area contributed by atoms with Crippen molar-refractivity contribution >= 4 is 16.7 Å². The van der Waals surface area contributed by atoms with Gasteiger partial charge in [0.2, 0.25) is 0 Å².